The molecule has 1 aliphatic heterocycles. The fraction of sp³-hybridized carbons (Fsp3) is 0.350. The summed E-state index contributed by atoms with van der Waals surface area (Å²) in [7, 11) is -3.74. The second kappa shape index (κ2) is 7.50. The van der Waals surface area contributed by atoms with Crippen molar-refractivity contribution in [2.75, 3.05) is 17.8 Å². The molecule has 2 aromatic carbocycles. The highest BCUT2D eigenvalue weighted by Crippen LogP contribution is 2.21. The predicted molar refractivity (Wildman–Crippen MR) is 103 cm³/mol. The first-order valence-electron chi connectivity index (χ1n) is 8.84. The van der Waals surface area contributed by atoms with Crippen molar-refractivity contribution in [3.05, 3.63) is 59.7 Å². The SMILES string of the molecule is Cc1ccc(NS(=O)(=O)c2cccc(C(=O)N3CCC[C@@H](C)C3)c2)cc1. The molecule has 0 spiro atoms. The molecule has 1 atom stereocenters. The number of sulfonamides is 1. The van der Waals surface area contributed by atoms with Gasteiger partial charge in [-0.25, -0.2) is 8.42 Å². The lowest BCUT2D eigenvalue weighted by molar-refractivity contribution is 0.0683. The summed E-state index contributed by atoms with van der Waals surface area (Å²) in [5.41, 5.74) is 1.96. The highest BCUT2D eigenvalue weighted by atomic mass is 32.2. The minimum atomic E-state index is -3.74. The van der Waals surface area contributed by atoms with Crippen LogP contribution >= 0.6 is 0 Å². The second-order valence-corrected chi connectivity index (χ2v) is 8.68. The Hall–Kier alpha value is -2.34. The van der Waals surface area contributed by atoms with Gasteiger partial charge in [-0.2, -0.15) is 0 Å². The molecule has 6 heteroatoms. The van der Waals surface area contributed by atoms with E-state index in [-0.39, 0.29) is 10.8 Å². The molecule has 1 heterocycles. The molecule has 0 aromatic heterocycles. The van der Waals surface area contributed by atoms with Gasteiger partial charge in [-0.05, 0) is 56.0 Å². The number of carbonyl (C=O) groups excluding carboxylic acids is 1. The van der Waals surface area contributed by atoms with Crippen LogP contribution in [0.2, 0.25) is 0 Å². The third-order valence-electron chi connectivity index (χ3n) is 4.64. The van der Waals surface area contributed by atoms with Crippen molar-refractivity contribution >= 4 is 21.6 Å². The molecule has 2 aromatic rings. The topological polar surface area (TPSA) is 66.5 Å². The minimum Gasteiger partial charge on any atom is -0.338 e. The molecule has 1 saturated heterocycles. The van der Waals surface area contributed by atoms with E-state index in [1.807, 2.05) is 24.0 Å². The lowest BCUT2D eigenvalue weighted by Crippen LogP contribution is -2.39. The van der Waals surface area contributed by atoms with E-state index in [9.17, 15) is 13.2 Å². The van der Waals surface area contributed by atoms with Gasteiger partial charge in [0.1, 0.15) is 0 Å². The van der Waals surface area contributed by atoms with Gasteiger partial charge in [-0.15, -0.1) is 0 Å². The zero-order valence-corrected chi connectivity index (χ0v) is 15.9. The summed E-state index contributed by atoms with van der Waals surface area (Å²) < 4.78 is 27.9. The van der Waals surface area contributed by atoms with E-state index < -0.39 is 10.0 Å². The molecule has 0 aliphatic carbocycles. The van der Waals surface area contributed by atoms with Gasteiger partial charge in [0.2, 0.25) is 0 Å². The van der Waals surface area contributed by atoms with Crippen LogP contribution in [-0.4, -0.2) is 32.3 Å². The molecule has 3 rings (SSSR count). The number of nitrogens with one attached hydrogen (secondary N) is 1. The van der Waals surface area contributed by atoms with Crippen LogP contribution in [0.4, 0.5) is 5.69 Å². The smallest absolute Gasteiger partial charge is 0.261 e. The third-order valence-corrected chi connectivity index (χ3v) is 6.02. The maximum atomic E-state index is 12.7. The lowest BCUT2D eigenvalue weighted by atomic mass is 9.99. The average Bonchev–Trinajstić information content (AvgIpc) is 2.63. The van der Waals surface area contributed by atoms with E-state index in [4.69, 9.17) is 0 Å². The average molecular weight is 372 g/mol. The van der Waals surface area contributed by atoms with Crippen LogP contribution in [0.5, 0.6) is 0 Å². The first-order chi connectivity index (χ1) is 12.3. The number of hydrogen-bond donors (Lipinski definition) is 1. The van der Waals surface area contributed by atoms with E-state index in [0.29, 0.717) is 17.2 Å². The van der Waals surface area contributed by atoms with Crippen molar-refractivity contribution in [3.8, 4) is 0 Å². The van der Waals surface area contributed by atoms with Crippen molar-refractivity contribution in [1.29, 1.82) is 0 Å². The van der Waals surface area contributed by atoms with Crippen molar-refractivity contribution in [2.45, 2.75) is 31.6 Å². The van der Waals surface area contributed by atoms with Gasteiger partial charge in [0.15, 0.2) is 0 Å². The number of likely N-dealkylation sites (tertiary alicyclic amines) is 1. The normalized spacial score (nSPS) is 17.8. The van der Waals surface area contributed by atoms with E-state index in [0.717, 1.165) is 31.5 Å². The number of nitrogens with zero attached hydrogens (tertiary/aromatic N) is 1. The number of benzene rings is 2. The second-order valence-electron chi connectivity index (χ2n) is 7.00. The zero-order chi connectivity index (χ0) is 18.7. The van der Waals surface area contributed by atoms with Crippen LogP contribution in [0.15, 0.2) is 53.4 Å². The van der Waals surface area contributed by atoms with Gasteiger partial charge >= 0.3 is 0 Å². The van der Waals surface area contributed by atoms with Crippen LogP contribution in [0, 0.1) is 12.8 Å². The summed E-state index contributed by atoms with van der Waals surface area (Å²) in [6, 6.07) is 13.4. The van der Waals surface area contributed by atoms with Crippen molar-refractivity contribution in [2.24, 2.45) is 5.92 Å². The Balaban J connectivity index is 1.81. The van der Waals surface area contributed by atoms with Crippen molar-refractivity contribution < 1.29 is 13.2 Å². The minimum absolute atomic E-state index is 0.0917. The number of aryl methyl sites for hydroxylation is 1. The number of hydrogen-bond acceptors (Lipinski definition) is 3. The van der Waals surface area contributed by atoms with E-state index >= 15 is 0 Å². The van der Waals surface area contributed by atoms with Gasteiger partial charge < -0.3 is 4.90 Å². The molecular formula is C20H24N2O3S. The largest absolute Gasteiger partial charge is 0.338 e. The molecule has 1 N–H and O–H groups in total. The van der Waals surface area contributed by atoms with E-state index in [1.54, 1.807) is 24.3 Å². The molecule has 0 bridgehead atoms. The van der Waals surface area contributed by atoms with Crippen LogP contribution in [0.1, 0.15) is 35.7 Å². The van der Waals surface area contributed by atoms with Crippen molar-refractivity contribution in [1.82, 2.24) is 4.90 Å². The zero-order valence-electron chi connectivity index (χ0n) is 15.1. The Morgan fingerprint density at radius 2 is 1.88 bits per heavy atom. The number of carbonyl (C=O) groups is 1. The van der Waals surface area contributed by atoms with E-state index in [1.165, 1.54) is 12.1 Å². The molecule has 0 unspecified atom stereocenters. The van der Waals surface area contributed by atoms with Crippen LogP contribution in [-0.2, 0) is 10.0 Å². The fourth-order valence-corrected chi connectivity index (χ4v) is 4.29. The molecule has 5 nitrogen and oxygen atoms in total. The molecule has 0 saturated carbocycles. The Morgan fingerprint density at radius 1 is 1.15 bits per heavy atom. The summed E-state index contributed by atoms with van der Waals surface area (Å²) in [6.07, 6.45) is 2.11. The molecule has 1 aliphatic rings. The summed E-state index contributed by atoms with van der Waals surface area (Å²) in [5.74, 6) is 0.367. The van der Waals surface area contributed by atoms with Gasteiger partial charge in [0.25, 0.3) is 15.9 Å². The summed E-state index contributed by atoms with van der Waals surface area (Å²) in [5, 5.41) is 0. The highest BCUT2D eigenvalue weighted by Gasteiger charge is 2.23. The van der Waals surface area contributed by atoms with Gasteiger partial charge in [0.05, 0.1) is 4.90 Å². The Bertz CT molecular complexity index is 892. The number of amides is 1. The van der Waals surface area contributed by atoms with Crippen molar-refractivity contribution in [3.63, 3.8) is 0 Å². The summed E-state index contributed by atoms with van der Waals surface area (Å²) >= 11 is 0. The first-order valence-corrected chi connectivity index (χ1v) is 10.3. The quantitative estimate of drug-likeness (QED) is 0.890. The molecule has 0 radical (unpaired) electrons. The highest BCUT2D eigenvalue weighted by molar-refractivity contribution is 7.92. The molecule has 26 heavy (non-hydrogen) atoms. The fourth-order valence-electron chi connectivity index (χ4n) is 3.19. The first kappa shape index (κ1) is 18.5. The Morgan fingerprint density at radius 3 is 2.58 bits per heavy atom. The monoisotopic (exact) mass is 372 g/mol. The number of anilines is 1. The van der Waals surface area contributed by atoms with Crippen LogP contribution in [0.3, 0.4) is 0 Å². The molecule has 138 valence electrons. The Kier molecular flexibility index (Phi) is 5.32. The standard InChI is InChI=1S/C20H24N2O3S/c1-15-8-10-18(11-9-15)21-26(24,25)19-7-3-6-17(13-19)20(23)22-12-4-5-16(2)14-22/h3,6-11,13,16,21H,4-5,12,14H2,1-2H3/t16-/m1/s1. The maximum absolute atomic E-state index is 12.7. The molecule has 1 amide bonds. The van der Waals surface area contributed by atoms with Crippen LogP contribution in [0.25, 0.3) is 0 Å². The molecule has 1 fully saturated rings. The van der Waals surface area contributed by atoms with Gasteiger partial charge in [-0.3, -0.25) is 9.52 Å². The lowest BCUT2D eigenvalue weighted by Gasteiger charge is -2.31. The number of piperidine rings is 1. The molecular weight excluding hydrogens is 348 g/mol. The summed E-state index contributed by atoms with van der Waals surface area (Å²) in [4.78, 5) is 14.6. The van der Waals surface area contributed by atoms with Gasteiger partial charge in [0, 0.05) is 24.3 Å². The third kappa shape index (κ3) is 4.25. The van der Waals surface area contributed by atoms with Gasteiger partial charge in [-0.1, -0.05) is 30.7 Å². The number of rotatable bonds is 4. The maximum Gasteiger partial charge on any atom is 0.261 e. The Labute approximate surface area is 155 Å². The summed E-state index contributed by atoms with van der Waals surface area (Å²) in [6.45, 7) is 5.51. The van der Waals surface area contributed by atoms with Crippen LogP contribution < -0.4 is 4.72 Å². The van der Waals surface area contributed by atoms with E-state index in [2.05, 4.69) is 11.6 Å². The predicted octanol–water partition coefficient (Wildman–Crippen LogP) is 3.67.